The maximum Gasteiger partial charge on any atom is 0.163 e. The Labute approximate surface area is 218 Å². The molecule has 2 unspecified atom stereocenters. The largest absolute Gasteiger partial charge is 0.306 e. The third-order valence-electron chi connectivity index (χ3n) is 7.43. The lowest BCUT2D eigenvalue weighted by molar-refractivity contribution is 0.0892. The summed E-state index contributed by atoms with van der Waals surface area (Å²) in [5.41, 5.74) is 4.73. The number of halogens is 2. The van der Waals surface area contributed by atoms with Crippen LogP contribution in [-0.2, 0) is 13.0 Å². The highest BCUT2D eigenvalue weighted by atomic mass is 32.1. The molecule has 3 aromatic carbocycles. The fourth-order valence-corrected chi connectivity index (χ4v) is 6.77. The number of nitrogens with zero attached hydrogens (tertiary/aromatic N) is 3. The zero-order chi connectivity index (χ0) is 25.5. The maximum absolute atomic E-state index is 14.2. The molecule has 37 heavy (non-hydrogen) atoms. The van der Waals surface area contributed by atoms with Crippen LogP contribution in [0.25, 0.3) is 10.2 Å². The van der Waals surface area contributed by atoms with Crippen molar-refractivity contribution in [1.29, 1.82) is 0 Å². The number of carbonyl (C=O) groups excluding carboxylic acids is 1. The first-order valence-corrected chi connectivity index (χ1v) is 13.4. The molecule has 4 nitrogen and oxygen atoms in total. The van der Waals surface area contributed by atoms with Gasteiger partial charge in [-0.1, -0.05) is 30.3 Å². The van der Waals surface area contributed by atoms with Gasteiger partial charge in [0, 0.05) is 36.2 Å². The predicted molar refractivity (Wildman–Crippen MR) is 144 cm³/mol. The summed E-state index contributed by atoms with van der Waals surface area (Å²) in [6.45, 7) is 2.15. The molecule has 0 bridgehead atoms. The highest BCUT2D eigenvalue weighted by molar-refractivity contribution is 7.20. The first kappa shape index (κ1) is 24.1. The van der Waals surface area contributed by atoms with Gasteiger partial charge in [-0.3, -0.25) is 9.79 Å². The fourth-order valence-electron chi connectivity index (χ4n) is 5.78. The van der Waals surface area contributed by atoms with Crippen LogP contribution in [0, 0.1) is 23.5 Å². The van der Waals surface area contributed by atoms with Crippen molar-refractivity contribution in [2.24, 2.45) is 16.8 Å². The van der Waals surface area contributed by atoms with Gasteiger partial charge in [-0.15, -0.1) is 11.3 Å². The van der Waals surface area contributed by atoms with E-state index in [0.29, 0.717) is 24.9 Å². The van der Waals surface area contributed by atoms with Crippen LogP contribution in [-0.4, -0.2) is 41.5 Å². The zero-order valence-electron chi connectivity index (χ0n) is 20.6. The number of piperidine rings is 1. The Morgan fingerprint density at radius 1 is 1.03 bits per heavy atom. The fraction of sp³-hybridized carbons (Fsp3) is 0.300. The first-order chi connectivity index (χ1) is 17.9. The van der Waals surface area contributed by atoms with Gasteiger partial charge < -0.3 is 4.90 Å². The van der Waals surface area contributed by atoms with Gasteiger partial charge in [0.15, 0.2) is 5.78 Å². The standard InChI is InChI=1S/C30H27F2N3OS/c1-35-16-18(12-23-24(31)5-4-6-25(23)32)11-19(17-35)13-27(36)20-9-10-21-15-33-29(22(21)14-20)30-34-26-7-2-3-8-28(26)37-30/h2-10,14,18-19H,11-13,15-17H2,1H3. The van der Waals surface area contributed by atoms with Crippen molar-refractivity contribution in [3.8, 4) is 0 Å². The molecule has 1 fully saturated rings. The van der Waals surface area contributed by atoms with E-state index in [4.69, 9.17) is 9.98 Å². The number of ketones is 1. The summed E-state index contributed by atoms with van der Waals surface area (Å²) >= 11 is 1.62. The Morgan fingerprint density at radius 2 is 1.81 bits per heavy atom. The average molecular weight is 516 g/mol. The molecule has 188 valence electrons. The molecule has 0 N–H and O–H groups in total. The molecule has 1 aromatic heterocycles. The van der Waals surface area contributed by atoms with E-state index in [0.717, 1.165) is 51.6 Å². The topological polar surface area (TPSA) is 45.6 Å². The van der Waals surface area contributed by atoms with Gasteiger partial charge in [0.2, 0.25) is 0 Å². The van der Waals surface area contributed by atoms with E-state index in [1.165, 1.54) is 18.2 Å². The number of fused-ring (bicyclic) bond motifs is 2. The van der Waals surface area contributed by atoms with Crippen molar-refractivity contribution in [2.45, 2.75) is 25.8 Å². The second-order valence-corrected chi connectivity index (χ2v) is 11.3. The Kier molecular flexibility index (Phi) is 6.42. The van der Waals surface area contributed by atoms with Crippen LogP contribution in [0.2, 0.25) is 0 Å². The maximum atomic E-state index is 14.2. The first-order valence-electron chi connectivity index (χ1n) is 12.6. The van der Waals surface area contributed by atoms with Crippen molar-refractivity contribution in [2.75, 3.05) is 20.1 Å². The number of aliphatic imine (C=N–C) groups is 1. The molecule has 1 saturated heterocycles. The molecule has 7 heteroatoms. The molecule has 0 amide bonds. The van der Waals surface area contributed by atoms with Gasteiger partial charge in [0.25, 0.3) is 0 Å². The van der Waals surface area contributed by atoms with E-state index in [9.17, 15) is 13.6 Å². The molecule has 0 saturated carbocycles. The Bertz CT molecular complexity index is 1480. The van der Waals surface area contributed by atoms with Crippen LogP contribution in [0.5, 0.6) is 0 Å². The second kappa shape index (κ2) is 9.88. The lowest BCUT2D eigenvalue weighted by Crippen LogP contribution is -2.39. The number of para-hydroxylation sites is 1. The SMILES string of the molecule is CN1CC(CC(=O)c2ccc3c(c2)C(c2nc4ccccc4s2)=NC3)CC(Cc2c(F)cccc2F)C1. The van der Waals surface area contributed by atoms with E-state index in [-0.39, 0.29) is 23.2 Å². The molecule has 0 radical (unpaired) electrons. The monoisotopic (exact) mass is 515 g/mol. The minimum absolute atomic E-state index is 0.0921. The quantitative estimate of drug-likeness (QED) is 0.283. The minimum atomic E-state index is -0.496. The summed E-state index contributed by atoms with van der Waals surface area (Å²) < 4.78 is 29.6. The summed E-state index contributed by atoms with van der Waals surface area (Å²) in [4.78, 5) is 25.1. The number of thiazole rings is 1. The number of carbonyl (C=O) groups is 1. The number of Topliss-reactive ketones (excluding diaryl/α,β-unsaturated/α-hetero) is 1. The van der Waals surface area contributed by atoms with E-state index in [1.54, 1.807) is 11.3 Å². The molecule has 2 aliphatic rings. The van der Waals surface area contributed by atoms with Crippen LogP contribution in [0.15, 0.2) is 65.7 Å². The van der Waals surface area contributed by atoms with Gasteiger partial charge in [-0.25, -0.2) is 13.8 Å². The van der Waals surface area contributed by atoms with Crippen LogP contribution in [0.1, 0.15) is 44.9 Å². The molecule has 2 atom stereocenters. The molecule has 0 spiro atoms. The van der Waals surface area contributed by atoms with E-state index in [2.05, 4.69) is 11.0 Å². The van der Waals surface area contributed by atoms with Crippen LogP contribution in [0.4, 0.5) is 8.78 Å². The molecule has 4 aromatic rings. The summed E-state index contributed by atoms with van der Waals surface area (Å²) in [5, 5.41) is 0.877. The second-order valence-electron chi connectivity index (χ2n) is 10.2. The predicted octanol–water partition coefficient (Wildman–Crippen LogP) is 6.31. The Balaban J connectivity index is 1.18. The van der Waals surface area contributed by atoms with Crippen molar-refractivity contribution in [3.05, 3.63) is 99.6 Å². The third kappa shape index (κ3) is 4.86. The Hall–Kier alpha value is -3.29. The minimum Gasteiger partial charge on any atom is -0.306 e. The summed E-state index contributed by atoms with van der Waals surface area (Å²) in [5.74, 6) is -0.666. The summed E-state index contributed by atoms with van der Waals surface area (Å²) in [6.07, 6.45) is 1.52. The van der Waals surface area contributed by atoms with E-state index in [1.807, 2.05) is 43.4 Å². The number of aromatic nitrogens is 1. The van der Waals surface area contributed by atoms with E-state index < -0.39 is 11.6 Å². The lowest BCUT2D eigenvalue weighted by atomic mass is 9.82. The van der Waals surface area contributed by atoms with Gasteiger partial charge in [0.05, 0.1) is 16.8 Å². The van der Waals surface area contributed by atoms with Crippen molar-refractivity contribution in [1.82, 2.24) is 9.88 Å². The van der Waals surface area contributed by atoms with Crippen molar-refractivity contribution >= 4 is 33.0 Å². The molecule has 0 aliphatic carbocycles. The van der Waals surface area contributed by atoms with Crippen LogP contribution < -0.4 is 0 Å². The van der Waals surface area contributed by atoms with Gasteiger partial charge in [-0.2, -0.15) is 0 Å². The van der Waals surface area contributed by atoms with Crippen LogP contribution >= 0.6 is 11.3 Å². The summed E-state index contributed by atoms with van der Waals surface area (Å²) in [7, 11) is 2.01. The average Bonchev–Trinajstić information content (AvgIpc) is 3.49. The van der Waals surface area contributed by atoms with Crippen molar-refractivity contribution < 1.29 is 13.6 Å². The number of likely N-dealkylation sites (tertiary alicyclic amines) is 1. The summed E-state index contributed by atoms with van der Waals surface area (Å²) in [6, 6.07) is 17.9. The number of hydrogen-bond donors (Lipinski definition) is 0. The normalized spacial score (nSPS) is 19.7. The third-order valence-corrected chi connectivity index (χ3v) is 8.47. The molecule has 2 aliphatic heterocycles. The molecule has 3 heterocycles. The van der Waals surface area contributed by atoms with E-state index >= 15 is 0 Å². The van der Waals surface area contributed by atoms with Crippen LogP contribution in [0.3, 0.4) is 0 Å². The van der Waals surface area contributed by atoms with Gasteiger partial charge >= 0.3 is 0 Å². The molecular formula is C30H27F2N3OS. The highest BCUT2D eigenvalue weighted by Gasteiger charge is 2.29. The molecule has 6 rings (SSSR count). The van der Waals surface area contributed by atoms with Gasteiger partial charge in [0.1, 0.15) is 22.4 Å². The highest BCUT2D eigenvalue weighted by Crippen LogP contribution is 2.32. The number of benzene rings is 3. The Morgan fingerprint density at radius 3 is 2.62 bits per heavy atom. The molecular weight excluding hydrogens is 488 g/mol. The smallest absolute Gasteiger partial charge is 0.163 e. The van der Waals surface area contributed by atoms with Gasteiger partial charge in [-0.05, 0) is 67.6 Å². The number of rotatable bonds is 6. The van der Waals surface area contributed by atoms with Crippen molar-refractivity contribution in [3.63, 3.8) is 0 Å². The zero-order valence-corrected chi connectivity index (χ0v) is 21.4. The number of hydrogen-bond acceptors (Lipinski definition) is 5. The lowest BCUT2D eigenvalue weighted by Gasteiger charge is -2.35.